The number of ether oxygens (including phenoxy) is 4. The number of esters is 1. The normalized spacial score (nSPS) is 14.9. The second-order valence-electron chi connectivity index (χ2n) is 8.51. The number of hydrogen-bond donors (Lipinski definition) is 0. The number of nitrogens with zero attached hydrogens (tertiary/aromatic N) is 2. The third-order valence-electron chi connectivity index (χ3n) is 5.96. The number of para-hydroxylation sites is 1. The molecule has 9 heteroatoms. The number of aromatic nitrogens is 1. The first-order valence-electron chi connectivity index (χ1n) is 12.8. The van der Waals surface area contributed by atoms with Gasteiger partial charge in [-0.1, -0.05) is 48.3 Å². The molecule has 39 heavy (non-hydrogen) atoms. The zero-order valence-electron chi connectivity index (χ0n) is 22.6. The van der Waals surface area contributed by atoms with E-state index in [9.17, 15) is 9.59 Å². The van der Waals surface area contributed by atoms with Gasteiger partial charge in [0.05, 0.1) is 41.7 Å². The Morgan fingerprint density at radius 3 is 2.49 bits per heavy atom. The molecule has 1 aliphatic heterocycles. The highest BCUT2D eigenvalue weighted by Gasteiger charge is 2.34. The van der Waals surface area contributed by atoms with Crippen molar-refractivity contribution in [3.63, 3.8) is 0 Å². The van der Waals surface area contributed by atoms with Crippen molar-refractivity contribution in [3.8, 4) is 17.2 Å². The number of carbonyl (C=O) groups is 1. The molecule has 1 unspecified atom stereocenters. The molecule has 4 rings (SSSR count). The van der Waals surface area contributed by atoms with Crippen LogP contribution in [0.1, 0.15) is 44.9 Å². The summed E-state index contributed by atoms with van der Waals surface area (Å²) in [6.07, 6.45) is 3.45. The molecule has 0 amide bonds. The maximum absolute atomic E-state index is 13.9. The quantitative estimate of drug-likeness (QED) is 0.264. The van der Waals surface area contributed by atoms with Gasteiger partial charge in [-0.3, -0.25) is 9.36 Å². The molecule has 0 saturated carbocycles. The molecule has 0 radical (unpaired) electrons. The largest absolute Gasteiger partial charge is 0.490 e. The van der Waals surface area contributed by atoms with Crippen LogP contribution in [0.25, 0.3) is 6.08 Å². The lowest BCUT2D eigenvalue weighted by atomic mass is 9.95. The molecule has 0 saturated heterocycles. The fourth-order valence-corrected chi connectivity index (χ4v) is 5.40. The smallest absolute Gasteiger partial charge is 0.338 e. The molecule has 1 atom stereocenters. The topological polar surface area (TPSA) is 88.3 Å². The van der Waals surface area contributed by atoms with Crippen molar-refractivity contribution in [2.45, 2.75) is 33.7 Å². The van der Waals surface area contributed by atoms with Crippen LogP contribution in [0.4, 0.5) is 0 Å². The van der Waals surface area contributed by atoms with E-state index in [1.165, 1.54) is 11.3 Å². The number of hydrogen-bond acceptors (Lipinski definition) is 8. The van der Waals surface area contributed by atoms with Crippen LogP contribution in [-0.2, 0) is 9.53 Å². The van der Waals surface area contributed by atoms with Gasteiger partial charge in [0.2, 0.25) is 0 Å². The molecule has 2 heterocycles. The average Bonchev–Trinajstić information content (AvgIpc) is 3.22. The van der Waals surface area contributed by atoms with Gasteiger partial charge in [0.25, 0.3) is 5.56 Å². The Kier molecular flexibility index (Phi) is 9.03. The number of allylic oxidation sites excluding steroid dienone is 1. The molecule has 0 N–H and O–H groups in total. The third-order valence-corrected chi connectivity index (χ3v) is 6.95. The van der Waals surface area contributed by atoms with E-state index in [1.54, 1.807) is 36.6 Å². The van der Waals surface area contributed by atoms with Crippen molar-refractivity contribution in [2.24, 2.45) is 4.99 Å². The summed E-state index contributed by atoms with van der Waals surface area (Å²) in [4.78, 5) is 32.3. The molecule has 2 aromatic carbocycles. The Balaban J connectivity index is 1.94. The molecular formula is C30H32N2O6S. The van der Waals surface area contributed by atoms with Gasteiger partial charge in [-0.25, -0.2) is 9.79 Å². The fourth-order valence-electron chi connectivity index (χ4n) is 4.37. The van der Waals surface area contributed by atoms with Gasteiger partial charge in [0, 0.05) is 5.56 Å². The maximum Gasteiger partial charge on any atom is 0.338 e. The number of thiazole rings is 1. The number of fused-ring (bicyclic) bond motifs is 1. The van der Waals surface area contributed by atoms with Crippen molar-refractivity contribution < 1.29 is 23.7 Å². The molecule has 3 aromatic rings. The first-order valence-corrected chi connectivity index (χ1v) is 13.7. The van der Waals surface area contributed by atoms with Gasteiger partial charge in [0.15, 0.2) is 16.3 Å². The molecular weight excluding hydrogens is 516 g/mol. The number of rotatable bonds is 11. The van der Waals surface area contributed by atoms with Crippen LogP contribution in [0, 0.1) is 0 Å². The van der Waals surface area contributed by atoms with E-state index >= 15 is 0 Å². The minimum Gasteiger partial charge on any atom is -0.490 e. The van der Waals surface area contributed by atoms with Gasteiger partial charge < -0.3 is 18.9 Å². The summed E-state index contributed by atoms with van der Waals surface area (Å²) in [5.74, 6) is 1.24. The van der Waals surface area contributed by atoms with Crippen LogP contribution in [0.15, 0.2) is 76.2 Å². The van der Waals surface area contributed by atoms with Crippen LogP contribution >= 0.6 is 11.3 Å². The second kappa shape index (κ2) is 12.6. The minimum absolute atomic E-state index is 0.196. The van der Waals surface area contributed by atoms with Crippen molar-refractivity contribution in [1.29, 1.82) is 0 Å². The Bertz CT molecular complexity index is 1580. The van der Waals surface area contributed by atoms with Crippen molar-refractivity contribution in [2.75, 3.05) is 26.4 Å². The average molecular weight is 549 g/mol. The van der Waals surface area contributed by atoms with Crippen molar-refractivity contribution in [1.82, 2.24) is 4.57 Å². The van der Waals surface area contributed by atoms with Crippen LogP contribution in [0.2, 0.25) is 0 Å². The predicted octanol–water partition coefficient (Wildman–Crippen LogP) is 4.16. The standard InChI is InChI=1S/C30H32N2O6S/c1-6-16-38-22-13-11-10-12-20(22)18-25-28(33)32-27(21-14-15-23(35-7-2)24(17-21)36-8-3)26(29(34)37-9-4)19(5)31-30(32)39-25/h6,10-15,17-18,27H,1,7-9,16H2,2-5H3/b25-18-. The van der Waals surface area contributed by atoms with Crippen LogP contribution < -0.4 is 29.1 Å². The molecule has 0 spiro atoms. The molecule has 0 aliphatic carbocycles. The lowest BCUT2D eigenvalue weighted by Gasteiger charge is -2.25. The van der Waals surface area contributed by atoms with E-state index in [-0.39, 0.29) is 12.2 Å². The summed E-state index contributed by atoms with van der Waals surface area (Å²) in [7, 11) is 0. The van der Waals surface area contributed by atoms with Crippen molar-refractivity contribution >= 4 is 23.4 Å². The van der Waals surface area contributed by atoms with E-state index in [0.717, 1.165) is 5.56 Å². The van der Waals surface area contributed by atoms with Gasteiger partial charge in [-0.2, -0.15) is 0 Å². The fraction of sp³-hybridized carbons (Fsp3) is 0.300. The lowest BCUT2D eigenvalue weighted by Crippen LogP contribution is -2.40. The maximum atomic E-state index is 13.9. The summed E-state index contributed by atoms with van der Waals surface area (Å²) in [6, 6.07) is 12.2. The number of carbonyl (C=O) groups excluding carboxylic acids is 1. The zero-order chi connectivity index (χ0) is 27.9. The Morgan fingerprint density at radius 1 is 1.03 bits per heavy atom. The summed E-state index contributed by atoms with van der Waals surface area (Å²) < 4.78 is 24.8. The molecule has 8 nitrogen and oxygen atoms in total. The molecule has 204 valence electrons. The third kappa shape index (κ3) is 5.83. The van der Waals surface area contributed by atoms with Gasteiger partial charge >= 0.3 is 5.97 Å². The molecule has 1 aromatic heterocycles. The predicted molar refractivity (Wildman–Crippen MR) is 151 cm³/mol. The van der Waals surface area contributed by atoms with E-state index < -0.39 is 12.0 Å². The molecule has 1 aliphatic rings. The van der Waals surface area contributed by atoms with Gasteiger partial charge in [0.1, 0.15) is 12.4 Å². The highest BCUT2D eigenvalue weighted by atomic mass is 32.1. The van der Waals surface area contributed by atoms with E-state index in [2.05, 4.69) is 11.6 Å². The number of benzene rings is 2. The first kappa shape index (κ1) is 27.9. The first-order chi connectivity index (χ1) is 18.9. The highest BCUT2D eigenvalue weighted by Crippen LogP contribution is 2.36. The minimum atomic E-state index is -0.760. The Labute approximate surface area is 231 Å². The summed E-state index contributed by atoms with van der Waals surface area (Å²) in [5, 5.41) is 0. The highest BCUT2D eigenvalue weighted by molar-refractivity contribution is 7.07. The van der Waals surface area contributed by atoms with Gasteiger partial charge in [-0.15, -0.1) is 0 Å². The van der Waals surface area contributed by atoms with Crippen LogP contribution in [-0.4, -0.2) is 37.0 Å². The van der Waals surface area contributed by atoms with Gasteiger partial charge in [-0.05, 0) is 57.5 Å². The van der Waals surface area contributed by atoms with Crippen LogP contribution in [0.5, 0.6) is 17.2 Å². The Hall–Kier alpha value is -4.11. The van der Waals surface area contributed by atoms with E-state index in [1.807, 2.05) is 50.2 Å². The van der Waals surface area contributed by atoms with Crippen molar-refractivity contribution in [3.05, 3.63) is 97.2 Å². The summed E-state index contributed by atoms with van der Waals surface area (Å²) in [5.41, 5.74) is 1.96. The zero-order valence-corrected chi connectivity index (χ0v) is 23.4. The summed E-state index contributed by atoms with van der Waals surface area (Å²) in [6.45, 7) is 12.4. The monoisotopic (exact) mass is 548 g/mol. The summed E-state index contributed by atoms with van der Waals surface area (Å²) >= 11 is 1.25. The van der Waals surface area contributed by atoms with Crippen LogP contribution in [0.3, 0.4) is 0 Å². The Morgan fingerprint density at radius 2 is 1.77 bits per heavy atom. The molecule has 0 fully saturated rings. The second-order valence-corrected chi connectivity index (χ2v) is 9.52. The lowest BCUT2D eigenvalue weighted by molar-refractivity contribution is -0.139. The van der Waals surface area contributed by atoms with E-state index in [0.29, 0.717) is 63.2 Å². The molecule has 0 bridgehead atoms. The van der Waals surface area contributed by atoms with E-state index in [4.69, 9.17) is 18.9 Å². The SMILES string of the molecule is C=CCOc1ccccc1/C=c1\sc2n(c1=O)C(c1ccc(OCC)c(OCC)c1)C(C(=O)OCC)=C(C)N=2.